The molecule has 0 saturated carbocycles. The van der Waals surface area contributed by atoms with Gasteiger partial charge in [0.15, 0.2) is 12.3 Å². The number of fused-ring (bicyclic) bond motifs is 1. The van der Waals surface area contributed by atoms with Crippen molar-refractivity contribution >= 4 is 22.6 Å². The molecule has 138 valence electrons. The molecule has 1 aromatic carbocycles. The zero-order chi connectivity index (χ0) is 18.7. The number of ether oxygens (including phenoxy) is 1. The number of nitrogens with zero attached hydrogens (tertiary/aromatic N) is 3. The van der Waals surface area contributed by atoms with Gasteiger partial charge in [-0.1, -0.05) is 25.1 Å². The first kappa shape index (κ1) is 18.1. The summed E-state index contributed by atoms with van der Waals surface area (Å²) >= 11 is 0. The Morgan fingerprint density at radius 3 is 2.69 bits per heavy atom. The van der Waals surface area contributed by atoms with Gasteiger partial charge in [0.05, 0.1) is 5.39 Å². The number of hydrogen-bond donors (Lipinski definition) is 0. The van der Waals surface area contributed by atoms with Gasteiger partial charge in [0.2, 0.25) is 0 Å². The van der Waals surface area contributed by atoms with Crippen LogP contribution >= 0.6 is 0 Å². The van der Waals surface area contributed by atoms with E-state index in [4.69, 9.17) is 4.74 Å². The molecule has 1 aliphatic rings. The fourth-order valence-electron chi connectivity index (χ4n) is 3.30. The number of benzene rings is 1. The Bertz CT molecular complexity index is 890. The van der Waals surface area contributed by atoms with Crippen molar-refractivity contribution in [2.75, 3.05) is 19.7 Å². The van der Waals surface area contributed by atoms with Gasteiger partial charge in [0.1, 0.15) is 0 Å². The lowest BCUT2D eigenvalue weighted by Gasteiger charge is -2.30. The fraction of sp³-hybridized carbons (Fsp3) is 0.474. The topological polar surface area (TPSA) is 81.5 Å². The molecule has 0 unspecified atom stereocenters. The first-order valence-corrected chi connectivity index (χ1v) is 8.96. The third-order valence-electron chi connectivity index (χ3n) is 4.70. The van der Waals surface area contributed by atoms with E-state index in [0.717, 1.165) is 12.8 Å². The molecule has 0 bridgehead atoms. The van der Waals surface area contributed by atoms with Crippen LogP contribution < -0.4 is 5.56 Å². The number of carbonyl (C=O) groups excluding carboxylic acids is 2. The number of rotatable bonds is 4. The van der Waals surface area contributed by atoms with Crippen LogP contribution in [0.5, 0.6) is 0 Å². The molecule has 2 aromatic rings. The van der Waals surface area contributed by atoms with E-state index in [0.29, 0.717) is 36.3 Å². The fourth-order valence-corrected chi connectivity index (χ4v) is 3.30. The third kappa shape index (κ3) is 3.61. The Kier molecular flexibility index (Phi) is 5.35. The van der Waals surface area contributed by atoms with E-state index in [1.54, 1.807) is 36.1 Å². The van der Waals surface area contributed by atoms with E-state index in [1.165, 1.54) is 4.68 Å². The number of carbonyl (C=O) groups is 2. The van der Waals surface area contributed by atoms with E-state index < -0.39 is 5.97 Å². The summed E-state index contributed by atoms with van der Waals surface area (Å²) in [5, 5.41) is 4.97. The molecule has 0 spiro atoms. The highest BCUT2D eigenvalue weighted by Gasteiger charge is 2.23. The Labute approximate surface area is 151 Å². The number of hydrogen-bond acceptors (Lipinski definition) is 5. The summed E-state index contributed by atoms with van der Waals surface area (Å²) in [6.07, 6.45) is 2.08. The van der Waals surface area contributed by atoms with Crippen molar-refractivity contribution in [3.05, 3.63) is 40.3 Å². The minimum Gasteiger partial charge on any atom is -0.451 e. The maximum Gasteiger partial charge on any atom is 0.359 e. The molecule has 1 atom stereocenters. The second-order valence-electron chi connectivity index (χ2n) is 6.68. The number of esters is 1. The summed E-state index contributed by atoms with van der Waals surface area (Å²) in [6.45, 7) is 5.30. The van der Waals surface area contributed by atoms with E-state index in [2.05, 4.69) is 12.0 Å². The maximum atomic E-state index is 12.5. The van der Waals surface area contributed by atoms with Crippen LogP contribution in [-0.4, -0.2) is 46.3 Å². The summed E-state index contributed by atoms with van der Waals surface area (Å²) in [4.78, 5) is 38.9. The Morgan fingerprint density at radius 2 is 2.00 bits per heavy atom. The zero-order valence-corrected chi connectivity index (χ0v) is 15.1. The Morgan fingerprint density at radius 1 is 1.27 bits per heavy atom. The molecule has 26 heavy (non-hydrogen) atoms. The van der Waals surface area contributed by atoms with Crippen LogP contribution in [-0.2, 0) is 16.1 Å². The zero-order valence-electron chi connectivity index (χ0n) is 15.1. The minimum atomic E-state index is -0.693. The summed E-state index contributed by atoms with van der Waals surface area (Å²) in [7, 11) is 0. The summed E-state index contributed by atoms with van der Waals surface area (Å²) < 4.78 is 6.45. The molecule has 3 rings (SSSR count). The minimum absolute atomic E-state index is 0.0573. The van der Waals surface area contributed by atoms with Gasteiger partial charge in [-0.15, -0.1) is 0 Å². The quantitative estimate of drug-likeness (QED) is 0.780. The predicted molar refractivity (Wildman–Crippen MR) is 96.9 cm³/mol. The lowest BCUT2D eigenvalue weighted by Crippen LogP contribution is -2.41. The summed E-state index contributed by atoms with van der Waals surface area (Å²) in [5.41, 5.74) is -0.195. The van der Waals surface area contributed by atoms with Gasteiger partial charge in [0, 0.05) is 25.0 Å². The molecule has 0 aliphatic carbocycles. The number of piperidine rings is 1. The van der Waals surface area contributed by atoms with Gasteiger partial charge in [-0.3, -0.25) is 9.59 Å². The lowest BCUT2D eigenvalue weighted by molar-refractivity contribution is -0.136. The van der Waals surface area contributed by atoms with E-state index in [1.807, 2.05) is 0 Å². The van der Waals surface area contributed by atoms with Crippen molar-refractivity contribution < 1.29 is 14.3 Å². The van der Waals surface area contributed by atoms with Crippen LogP contribution in [0.2, 0.25) is 0 Å². The molecule has 7 nitrogen and oxygen atoms in total. The lowest BCUT2D eigenvalue weighted by atomic mass is 10.0. The number of aryl methyl sites for hydroxylation is 1. The van der Waals surface area contributed by atoms with Crippen molar-refractivity contribution in [2.24, 2.45) is 5.92 Å². The molecule has 1 fully saturated rings. The average molecular weight is 357 g/mol. The van der Waals surface area contributed by atoms with Gasteiger partial charge in [-0.05, 0) is 31.7 Å². The summed E-state index contributed by atoms with van der Waals surface area (Å²) in [6, 6.07) is 6.79. The molecule has 1 aliphatic heterocycles. The van der Waals surface area contributed by atoms with Crippen molar-refractivity contribution in [2.45, 2.75) is 33.2 Å². The highest BCUT2D eigenvalue weighted by molar-refractivity contribution is 6.02. The van der Waals surface area contributed by atoms with Crippen LogP contribution in [0.4, 0.5) is 0 Å². The van der Waals surface area contributed by atoms with Crippen LogP contribution in [0.3, 0.4) is 0 Å². The molecule has 0 radical (unpaired) electrons. The van der Waals surface area contributed by atoms with Crippen LogP contribution in [0, 0.1) is 5.92 Å². The van der Waals surface area contributed by atoms with Crippen molar-refractivity contribution in [3.63, 3.8) is 0 Å². The van der Waals surface area contributed by atoms with Gasteiger partial charge in [-0.25, -0.2) is 9.48 Å². The Hall–Kier alpha value is -2.70. The van der Waals surface area contributed by atoms with Crippen LogP contribution in [0.25, 0.3) is 10.8 Å². The highest BCUT2D eigenvalue weighted by atomic mass is 16.5. The number of aromatic nitrogens is 2. The van der Waals surface area contributed by atoms with Crippen molar-refractivity contribution in [1.29, 1.82) is 0 Å². The normalized spacial score (nSPS) is 17.3. The van der Waals surface area contributed by atoms with Crippen LogP contribution in [0.1, 0.15) is 37.2 Å². The van der Waals surface area contributed by atoms with E-state index in [9.17, 15) is 14.4 Å². The third-order valence-corrected chi connectivity index (χ3v) is 4.70. The van der Waals surface area contributed by atoms with Crippen molar-refractivity contribution in [3.8, 4) is 0 Å². The first-order valence-electron chi connectivity index (χ1n) is 8.96. The predicted octanol–water partition coefficient (Wildman–Crippen LogP) is 1.83. The van der Waals surface area contributed by atoms with Gasteiger partial charge in [0.25, 0.3) is 11.5 Å². The molecule has 0 N–H and O–H groups in total. The molecule has 1 amide bonds. The number of amides is 1. The summed E-state index contributed by atoms with van der Waals surface area (Å²) in [5.74, 6) is -0.429. The van der Waals surface area contributed by atoms with E-state index in [-0.39, 0.29) is 23.8 Å². The Balaban J connectivity index is 1.79. The van der Waals surface area contributed by atoms with Gasteiger partial charge < -0.3 is 9.64 Å². The SMILES string of the molecule is CCn1nc(C(=O)OCC(=O)N2CCC[C@H](C)C2)c2ccccc2c1=O. The van der Waals surface area contributed by atoms with Gasteiger partial charge in [-0.2, -0.15) is 5.10 Å². The molecule has 1 saturated heterocycles. The first-order chi connectivity index (χ1) is 12.5. The highest BCUT2D eigenvalue weighted by Crippen LogP contribution is 2.17. The second kappa shape index (κ2) is 7.68. The standard InChI is InChI=1S/C19H23N3O4/c1-3-22-18(24)15-9-5-4-8-14(15)17(20-22)19(25)26-12-16(23)21-10-6-7-13(2)11-21/h4-5,8-9,13H,3,6-7,10-12H2,1-2H3/t13-/m0/s1. The molecule has 1 aromatic heterocycles. The molecule has 7 heteroatoms. The van der Waals surface area contributed by atoms with Crippen molar-refractivity contribution in [1.82, 2.24) is 14.7 Å². The van der Waals surface area contributed by atoms with Gasteiger partial charge >= 0.3 is 5.97 Å². The molecule has 2 heterocycles. The molecular weight excluding hydrogens is 334 g/mol. The smallest absolute Gasteiger partial charge is 0.359 e. The number of likely N-dealkylation sites (tertiary alicyclic amines) is 1. The molecular formula is C19H23N3O4. The maximum absolute atomic E-state index is 12.5. The second-order valence-corrected chi connectivity index (χ2v) is 6.68. The largest absolute Gasteiger partial charge is 0.451 e. The van der Waals surface area contributed by atoms with E-state index >= 15 is 0 Å². The monoisotopic (exact) mass is 357 g/mol. The average Bonchev–Trinajstić information content (AvgIpc) is 2.66. The van der Waals surface area contributed by atoms with Crippen LogP contribution in [0.15, 0.2) is 29.1 Å².